The Morgan fingerprint density at radius 2 is 1.98 bits per heavy atom. The van der Waals surface area contributed by atoms with Gasteiger partial charge in [0, 0.05) is 36.8 Å². The number of pyridine rings is 1. The molecule has 3 aromatic rings. The summed E-state index contributed by atoms with van der Waals surface area (Å²) >= 11 is 0. The Morgan fingerprint density at radius 1 is 1.19 bits per heavy atom. The number of aliphatic hydroxyl groups is 1. The van der Waals surface area contributed by atoms with E-state index in [0.29, 0.717) is 40.5 Å². The molecule has 42 heavy (non-hydrogen) atoms. The predicted molar refractivity (Wildman–Crippen MR) is 154 cm³/mol. The number of nitrogens with zero attached hydrogens (tertiary/aromatic N) is 3. The summed E-state index contributed by atoms with van der Waals surface area (Å²) in [4.78, 5) is 34.7. The zero-order valence-electron chi connectivity index (χ0n) is 24.0. The average Bonchev–Trinajstić information content (AvgIpc) is 3.49. The van der Waals surface area contributed by atoms with Crippen LogP contribution in [0.2, 0.25) is 0 Å². The molecule has 1 aromatic heterocycles. The number of aromatic nitrogens is 1. The van der Waals surface area contributed by atoms with Gasteiger partial charge in [0.1, 0.15) is 17.4 Å². The highest BCUT2D eigenvalue weighted by Gasteiger charge is 2.35. The Morgan fingerprint density at radius 3 is 2.76 bits per heavy atom. The van der Waals surface area contributed by atoms with Gasteiger partial charge in [0.25, 0.3) is 11.8 Å². The lowest BCUT2D eigenvalue weighted by atomic mass is 9.99. The summed E-state index contributed by atoms with van der Waals surface area (Å²) in [5.41, 5.74) is 1.92. The highest BCUT2D eigenvalue weighted by molar-refractivity contribution is 5.97. The van der Waals surface area contributed by atoms with E-state index in [0.717, 1.165) is 0 Å². The van der Waals surface area contributed by atoms with Crippen LogP contribution in [0.1, 0.15) is 45.7 Å². The maximum Gasteiger partial charge on any atom is 0.259 e. The van der Waals surface area contributed by atoms with Crippen molar-refractivity contribution in [2.45, 2.75) is 26.0 Å². The molecule has 0 unspecified atom stereocenters. The molecular formula is C32H33N3O7. The fourth-order valence-electron chi connectivity index (χ4n) is 4.88. The van der Waals surface area contributed by atoms with E-state index in [-0.39, 0.29) is 49.1 Å². The molecule has 2 amide bonds. The fraction of sp³-hybridized carbons (Fsp3) is 0.344. The molecule has 0 radical (unpaired) electrons. The molecule has 2 aliphatic heterocycles. The fourth-order valence-corrected chi connectivity index (χ4v) is 4.88. The standard InChI is InChI=1S/C32H33N3O7/c1-20-16-35(21(2)18-36)32(38)25-13-22(9-10-23-7-5-6-8-26(23)39-4)15-33-30(25)42-29(20)17-34(3)31(37)24-11-12-27-28(14-24)41-19-40-27/h5-8,11-15,20-21,29,36H,16-19H2,1-4H3/t20-,21+,29+/m0/s1. The summed E-state index contributed by atoms with van der Waals surface area (Å²) in [5.74, 6) is 7.36. The Labute approximate surface area is 244 Å². The molecule has 1 N–H and O–H groups in total. The van der Waals surface area contributed by atoms with E-state index >= 15 is 0 Å². The summed E-state index contributed by atoms with van der Waals surface area (Å²) in [6.07, 6.45) is 1.06. The number of carbonyl (C=O) groups is 2. The molecule has 218 valence electrons. The maximum absolute atomic E-state index is 13.7. The van der Waals surface area contributed by atoms with E-state index in [2.05, 4.69) is 16.8 Å². The van der Waals surface area contributed by atoms with Crippen LogP contribution in [-0.2, 0) is 0 Å². The molecule has 0 fully saturated rings. The van der Waals surface area contributed by atoms with E-state index in [1.807, 2.05) is 31.2 Å². The Hall–Kier alpha value is -4.75. The average molecular weight is 572 g/mol. The first-order valence-corrected chi connectivity index (χ1v) is 13.7. The third-order valence-corrected chi connectivity index (χ3v) is 7.39. The Bertz CT molecular complexity index is 1550. The van der Waals surface area contributed by atoms with Crippen LogP contribution in [0, 0.1) is 17.8 Å². The molecule has 3 atom stereocenters. The number of rotatable bonds is 6. The lowest BCUT2D eigenvalue weighted by Gasteiger charge is -2.37. The summed E-state index contributed by atoms with van der Waals surface area (Å²) in [5, 5.41) is 9.95. The van der Waals surface area contributed by atoms with Crippen LogP contribution in [0.4, 0.5) is 0 Å². The summed E-state index contributed by atoms with van der Waals surface area (Å²) < 4.78 is 22.5. The molecule has 3 heterocycles. The maximum atomic E-state index is 13.7. The second-order valence-corrected chi connectivity index (χ2v) is 10.4. The number of hydrogen-bond donors (Lipinski definition) is 1. The molecule has 10 heteroatoms. The van der Waals surface area contributed by atoms with Gasteiger partial charge >= 0.3 is 0 Å². The summed E-state index contributed by atoms with van der Waals surface area (Å²) in [6.45, 7) is 4.20. The molecule has 2 aliphatic rings. The van der Waals surface area contributed by atoms with E-state index < -0.39 is 12.1 Å². The van der Waals surface area contributed by atoms with Crippen LogP contribution in [0.5, 0.6) is 23.1 Å². The molecule has 0 saturated heterocycles. The number of benzene rings is 2. The van der Waals surface area contributed by atoms with E-state index in [4.69, 9.17) is 18.9 Å². The third kappa shape index (κ3) is 5.97. The first-order valence-electron chi connectivity index (χ1n) is 13.7. The van der Waals surface area contributed by atoms with Gasteiger partial charge in [-0.1, -0.05) is 30.9 Å². The molecule has 0 saturated carbocycles. The van der Waals surface area contributed by atoms with Gasteiger partial charge in [-0.05, 0) is 43.3 Å². The minimum absolute atomic E-state index is 0.123. The van der Waals surface area contributed by atoms with Crippen LogP contribution in [0.15, 0.2) is 54.7 Å². The second-order valence-electron chi connectivity index (χ2n) is 10.4. The smallest absolute Gasteiger partial charge is 0.259 e. The van der Waals surface area contributed by atoms with Crippen LogP contribution in [-0.4, -0.2) is 84.5 Å². The molecular weight excluding hydrogens is 538 g/mol. The molecule has 10 nitrogen and oxygen atoms in total. The van der Waals surface area contributed by atoms with Crippen molar-refractivity contribution in [3.63, 3.8) is 0 Å². The van der Waals surface area contributed by atoms with Gasteiger partial charge in [0.15, 0.2) is 11.5 Å². The topological polar surface area (TPSA) is 111 Å². The van der Waals surface area contributed by atoms with Crippen LogP contribution in [0.3, 0.4) is 0 Å². The Kier molecular flexibility index (Phi) is 8.50. The van der Waals surface area contributed by atoms with Gasteiger partial charge in [0.2, 0.25) is 12.7 Å². The van der Waals surface area contributed by atoms with Crippen LogP contribution in [0.25, 0.3) is 0 Å². The minimum atomic E-state index is -0.494. The van der Waals surface area contributed by atoms with E-state index in [1.54, 1.807) is 61.3 Å². The highest BCUT2D eigenvalue weighted by atomic mass is 16.7. The van der Waals surface area contributed by atoms with Crippen molar-refractivity contribution in [3.05, 3.63) is 77.0 Å². The zero-order valence-corrected chi connectivity index (χ0v) is 24.0. The first-order chi connectivity index (χ1) is 20.3. The van der Waals surface area contributed by atoms with Gasteiger partial charge < -0.3 is 33.9 Å². The number of amides is 2. The van der Waals surface area contributed by atoms with Crippen molar-refractivity contribution >= 4 is 11.8 Å². The monoisotopic (exact) mass is 571 g/mol. The lowest BCUT2D eigenvalue weighted by molar-refractivity contribution is 0.0313. The van der Waals surface area contributed by atoms with Crippen molar-refractivity contribution in [1.29, 1.82) is 0 Å². The SMILES string of the molecule is COc1ccccc1C#Cc1cnc2c(c1)C(=O)N([C@H](C)CO)C[C@H](C)[C@@H](CN(C)C(=O)c1ccc3c(c1)OCO3)O2. The number of fused-ring (bicyclic) bond motifs is 2. The largest absolute Gasteiger partial charge is 0.495 e. The zero-order chi connectivity index (χ0) is 29.8. The summed E-state index contributed by atoms with van der Waals surface area (Å²) in [7, 11) is 3.28. The van der Waals surface area contributed by atoms with E-state index in [9.17, 15) is 14.7 Å². The van der Waals surface area contributed by atoms with E-state index in [1.165, 1.54) is 0 Å². The molecule has 0 spiro atoms. The molecule has 0 aliphatic carbocycles. The molecule has 0 bridgehead atoms. The molecule has 2 aromatic carbocycles. The van der Waals surface area contributed by atoms with Gasteiger partial charge in [0.05, 0.1) is 31.9 Å². The predicted octanol–water partition coefficient (Wildman–Crippen LogP) is 3.21. The van der Waals surface area contributed by atoms with Crippen molar-refractivity contribution in [2.75, 3.05) is 40.6 Å². The number of ether oxygens (including phenoxy) is 4. The van der Waals surface area contributed by atoms with Crippen LogP contribution < -0.4 is 18.9 Å². The van der Waals surface area contributed by atoms with Crippen LogP contribution >= 0.6 is 0 Å². The minimum Gasteiger partial charge on any atom is -0.495 e. The third-order valence-electron chi connectivity index (χ3n) is 7.39. The number of hydrogen-bond acceptors (Lipinski definition) is 8. The van der Waals surface area contributed by atoms with Crippen molar-refractivity contribution < 1.29 is 33.6 Å². The Balaban J connectivity index is 1.43. The second kappa shape index (κ2) is 12.4. The summed E-state index contributed by atoms with van der Waals surface area (Å²) in [6, 6.07) is 13.7. The van der Waals surface area contributed by atoms with Gasteiger partial charge in [-0.15, -0.1) is 0 Å². The first kappa shape index (κ1) is 28.8. The number of carbonyl (C=O) groups excluding carboxylic acids is 2. The van der Waals surface area contributed by atoms with Crippen molar-refractivity contribution in [3.8, 4) is 35.0 Å². The normalized spacial score (nSPS) is 18.0. The number of para-hydroxylation sites is 1. The highest BCUT2D eigenvalue weighted by Crippen LogP contribution is 2.33. The number of methoxy groups -OCH3 is 1. The number of likely N-dealkylation sites (N-methyl/N-ethyl adjacent to an activating group) is 1. The molecule has 5 rings (SSSR count). The van der Waals surface area contributed by atoms with Gasteiger partial charge in [-0.3, -0.25) is 9.59 Å². The van der Waals surface area contributed by atoms with Crippen molar-refractivity contribution in [1.82, 2.24) is 14.8 Å². The quantitative estimate of drug-likeness (QED) is 0.449. The lowest BCUT2D eigenvalue weighted by Crippen LogP contribution is -2.50. The van der Waals surface area contributed by atoms with Gasteiger partial charge in [-0.25, -0.2) is 4.98 Å². The number of aliphatic hydroxyl groups excluding tert-OH is 1. The van der Waals surface area contributed by atoms with Crippen molar-refractivity contribution in [2.24, 2.45) is 5.92 Å². The van der Waals surface area contributed by atoms with Gasteiger partial charge in [-0.2, -0.15) is 0 Å².